The molecule has 3 rings (SSSR count). The molecule has 1 aromatic carbocycles. The second kappa shape index (κ2) is 4.61. The third-order valence-electron chi connectivity index (χ3n) is 3.25. The van der Waals surface area contributed by atoms with Gasteiger partial charge in [-0.25, -0.2) is 4.39 Å². The van der Waals surface area contributed by atoms with E-state index in [1.165, 1.54) is 12.1 Å². The molecular formula is C15H13FN2O2. The van der Waals surface area contributed by atoms with Gasteiger partial charge in [-0.1, -0.05) is 12.1 Å². The average Bonchev–Trinajstić information content (AvgIpc) is 2.83. The number of benzene rings is 1. The van der Waals surface area contributed by atoms with E-state index in [9.17, 15) is 14.3 Å². The predicted octanol–water partition coefficient (Wildman–Crippen LogP) is 2.49. The molecule has 0 spiro atoms. The summed E-state index contributed by atoms with van der Waals surface area (Å²) in [5, 5.41) is 9.61. The minimum absolute atomic E-state index is 0.286. The van der Waals surface area contributed by atoms with Crippen LogP contribution in [0.4, 0.5) is 4.39 Å². The lowest BCUT2D eigenvalue weighted by Gasteiger charge is -2.08. The molecule has 0 aliphatic rings. The number of fused-ring (bicyclic) bond motifs is 1. The maximum Gasteiger partial charge on any atom is 0.272 e. The zero-order chi connectivity index (χ0) is 14.3. The quantitative estimate of drug-likeness (QED) is 0.753. The Hall–Kier alpha value is -2.40. The molecule has 4 nitrogen and oxygen atoms in total. The van der Waals surface area contributed by atoms with E-state index in [0.717, 1.165) is 0 Å². The van der Waals surface area contributed by atoms with Crippen molar-refractivity contribution in [3.8, 4) is 11.3 Å². The van der Waals surface area contributed by atoms with Crippen LogP contribution in [-0.2, 0) is 0 Å². The molecular weight excluding hydrogens is 259 g/mol. The topological polar surface area (TPSA) is 57.5 Å². The number of aromatic amines is 1. The van der Waals surface area contributed by atoms with Gasteiger partial charge in [0, 0.05) is 11.8 Å². The number of nitrogens with zero attached hydrogens (tertiary/aromatic N) is 1. The number of H-pyrrole nitrogens is 1. The first-order valence-corrected chi connectivity index (χ1v) is 6.24. The maximum absolute atomic E-state index is 13.3. The summed E-state index contributed by atoms with van der Waals surface area (Å²) in [7, 11) is 0. The van der Waals surface area contributed by atoms with Gasteiger partial charge in [-0.2, -0.15) is 0 Å². The lowest BCUT2D eigenvalue weighted by atomic mass is 10.1. The molecule has 0 amide bonds. The first-order valence-electron chi connectivity index (χ1n) is 6.24. The third-order valence-corrected chi connectivity index (χ3v) is 3.25. The van der Waals surface area contributed by atoms with Crippen molar-refractivity contribution in [2.45, 2.75) is 13.0 Å². The molecule has 1 unspecified atom stereocenters. The monoisotopic (exact) mass is 272 g/mol. The summed E-state index contributed by atoms with van der Waals surface area (Å²) < 4.78 is 15.0. The number of halogens is 1. The van der Waals surface area contributed by atoms with Crippen LogP contribution in [0.15, 0.2) is 47.4 Å². The highest BCUT2D eigenvalue weighted by Crippen LogP contribution is 2.22. The van der Waals surface area contributed by atoms with E-state index in [0.29, 0.717) is 22.5 Å². The molecule has 0 bridgehead atoms. The number of aliphatic hydroxyl groups excluding tert-OH is 1. The number of hydrogen-bond donors (Lipinski definition) is 2. The molecule has 1 atom stereocenters. The Kier molecular flexibility index (Phi) is 2.91. The van der Waals surface area contributed by atoms with Gasteiger partial charge >= 0.3 is 0 Å². The van der Waals surface area contributed by atoms with Gasteiger partial charge in [0.2, 0.25) is 0 Å². The van der Waals surface area contributed by atoms with E-state index in [1.54, 1.807) is 41.8 Å². The van der Waals surface area contributed by atoms with Crippen LogP contribution in [0.1, 0.15) is 18.7 Å². The molecule has 0 radical (unpaired) electrons. The third kappa shape index (κ3) is 2.02. The normalized spacial score (nSPS) is 12.8. The van der Waals surface area contributed by atoms with E-state index in [-0.39, 0.29) is 11.4 Å². The molecule has 20 heavy (non-hydrogen) atoms. The number of nitrogens with one attached hydrogen (secondary N) is 1. The summed E-state index contributed by atoms with van der Waals surface area (Å²) >= 11 is 0. The summed E-state index contributed by atoms with van der Waals surface area (Å²) in [5.74, 6) is -0.335. The first kappa shape index (κ1) is 12.6. The van der Waals surface area contributed by atoms with Crippen LogP contribution in [-0.4, -0.2) is 14.5 Å². The highest BCUT2D eigenvalue weighted by molar-refractivity contribution is 5.66. The van der Waals surface area contributed by atoms with E-state index < -0.39 is 6.10 Å². The largest absolute Gasteiger partial charge is 0.387 e. The lowest BCUT2D eigenvalue weighted by molar-refractivity contribution is 0.193. The van der Waals surface area contributed by atoms with Crippen molar-refractivity contribution >= 4 is 5.52 Å². The fraction of sp³-hybridized carbons (Fsp3) is 0.133. The van der Waals surface area contributed by atoms with Gasteiger partial charge in [0.1, 0.15) is 11.3 Å². The van der Waals surface area contributed by atoms with Gasteiger partial charge in [-0.05, 0) is 31.2 Å². The number of aliphatic hydroxyl groups is 1. The molecule has 0 aliphatic heterocycles. The molecule has 2 N–H and O–H groups in total. The standard InChI is InChI=1S/C15H13FN2O2/c1-9(19)12-8-18-13(5-6-14(18)15(20)17-12)10-3-2-4-11(16)7-10/h2-9,19H,1H3,(H,17,20). The van der Waals surface area contributed by atoms with Crippen LogP contribution in [0.3, 0.4) is 0 Å². The summed E-state index contributed by atoms with van der Waals surface area (Å²) in [6.45, 7) is 1.57. The van der Waals surface area contributed by atoms with Gasteiger partial charge in [-0.15, -0.1) is 0 Å². The fourth-order valence-electron chi connectivity index (χ4n) is 2.23. The van der Waals surface area contributed by atoms with Crippen LogP contribution >= 0.6 is 0 Å². The average molecular weight is 272 g/mol. The lowest BCUT2D eigenvalue weighted by Crippen LogP contribution is -2.14. The zero-order valence-corrected chi connectivity index (χ0v) is 10.8. The Bertz CT molecular complexity index is 833. The Morgan fingerprint density at radius 2 is 2.10 bits per heavy atom. The van der Waals surface area contributed by atoms with Gasteiger partial charge in [-0.3, -0.25) is 4.79 Å². The van der Waals surface area contributed by atoms with E-state index in [1.807, 2.05) is 0 Å². The Morgan fingerprint density at radius 1 is 1.30 bits per heavy atom. The molecule has 2 heterocycles. The molecule has 0 saturated carbocycles. The van der Waals surface area contributed by atoms with Crippen molar-refractivity contribution in [2.24, 2.45) is 0 Å². The molecule has 0 aliphatic carbocycles. The Morgan fingerprint density at radius 3 is 2.80 bits per heavy atom. The second-order valence-electron chi connectivity index (χ2n) is 4.70. The van der Waals surface area contributed by atoms with E-state index >= 15 is 0 Å². The zero-order valence-electron chi connectivity index (χ0n) is 10.8. The molecule has 0 fully saturated rings. The molecule has 5 heteroatoms. The summed E-state index contributed by atoms with van der Waals surface area (Å²) in [5.41, 5.74) is 1.95. The predicted molar refractivity (Wildman–Crippen MR) is 74.0 cm³/mol. The fourth-order valence-corrected chi connectivity index (χ4v) is 2.23. The second-order valence-corrected chi connectivity index (χ2v) is 4.70. The van der Waals surface area contributed by atoms with Gasteiger partial charge in [0.15, 0.2) is 0 Å². The van der Waals surface area contributed by atoms with E-state index in [2.05, 4.69) is 4.98 Å². The Balaban J connectivity index is 2.30. The van der Waals surface area contributed by atoms with Crippen LogP contribution < -0.4 is 5.56 Å². The van der Waals surface area contributed by atoms with Gasteiger partial charge in [0.05, 0.1) is 17.5 Å². The Labute approximate surface area is 114 Å². The number of hydrogen-bond acceptors (Lipinski definition) is 2. The number of rotatable bonds is 2. The van der Waals surface area contributed by atoms with E-state index in [4.69, 9.17) is 0 Å². The molecule has 3 aromatic rings. The molecule has 102 valence electrons. The SMILES string of the molecule is CC(O)c1cn2c(-c3cccc(F)c3)ccc2c(=O)[nH]1. The van der Waals surface area contributed by atoms with Crippen molar-refractivity contribution in [1.29, 1.82) is 0 Å². The van der Waals surface area contributed by atoms with Crippen molar-refractivity contribution in [3.05, 3.63) is 64.5 Å². The summed E-state index contributed by atoms with van der Waals surface area (Å²) in [6, 6.07) is 9.59. The van der Waals surface area contributed by atoms with Crippen molar-refractivity contribution in [2.75, 3.05) is 0 Å². The minimum atomic E-state index is -0.783. The maximum atomic E-state index is 13.3. The molecule has 2 aromatic heterocycles. The number of aromatic nitrogens is 2. The summed E-state index contributed by atoms with van der Waals surface area (Å²) in [4.78, 5) is 14.6. The smallest absolute Gasteiger partial charge is 0.272 e. The van der Waals surface area contributed by atoms with Gasteiger partial charge in [0.25, 0.3) is 5.56 Å². The van der Waals surface area contributed by atoms with Crippen LogP contribution in [0.25, 0.3) is 16.8 Å². The highest BCUT2D eigenvalue weighted by Gasteiger charge is 2.11. The van der Waals surface area contributed by atoms with Gasteiger partial charge < -0.3 is 14.5 Å². The van der Waals surface area contributed by atoms with Crippen LogP contribution in [0.5, 0.6) is 0 Å². The van der Waals surface area contributed by atoms with Crippen molar-refractivity contribution < 1.29 is 9.50 Å². The molecule has 0 saturated heterocycles. The van der Waals surface area contributed by atoms with Crippen molar-refractivity contribution in [3.63, 3.8) is 0 Å². The van der Waals surface area contributed by atoms with Crippen LogP contribution in [0, 0.1) is 5.82 Å². The highest BCUT2D eigenvalue weighted by atomic mass is 19.1. The first-order chi connectivity index (χ1) is 9.56. The van der Waals surface area contributed by atoms with Crippen LogP contribution in [0.2, 0.25) is 0 Å². The summed E-state index contributed by atoms with van der Waals surface area (Å²) in [6.07, 6.45) is 0.872. The minimum Gasteiger partial charge on any atom is -0.387 e. The van der Waals surface area contributed by atoms with Crippen molar-refractivity contribution in [1.82, 2.24) is 9.38 Å².